The van der Waals surface area contributed by atoms with E-state index in [1.165, 1.54) is 32.7 Å². The Hall–Kier alpha value is -1.12. The highest BCUT2D eigenvalue weighted by molar-refractivity contribution is 7.14. The molecular formula is C14H15NS. The summed E-state index contributed by atoms with van der Waals surface area (Å²) >= 11 is 1.84. The van der Waals surface area contributed by atoms with Gasteiger partial charge in [0, 0.05) is 17.3 Å². The van der Waals surface area contributed by atoms with Gasteiger partial charge in [0.15, 0.2) is 0 Å². The Morgan fingerprint density at radius 3 is 2.75 bits per heavy atom. The van der Waals surface area contributed by atoms with E-state index < -0.39 is 0 Å². The molecule has 1 nitrogen and oxygen atoms in total. The van der Waals surface area contributed by atoms with Crippen molar-refractivity contribution in [3.05, 3.63) is 45.8 Å². The Morgan fingerprint density at radius 2 is 2.00 bits per heavy atom. The van der Waals surface area contributed by atoms with Crippen molar-refractivity contribution in [2.75, 3.05) is 6.54 Å². The maximum atomic E-state index is 5.92. The van der Waals surface area contributed by atoms with Gasteiger partial charge in [-0.15, -0.1) is 11.3 Å². The van der Waals surface area contributed by atoms with Crippen LogP contribution < -0.4 is 5.73 Å². The van der Waals surface area contributed by atoms with Gasteiger partial charge in [0.05, 0.1) is 0 Å². The standard InChI is InChI=1S/C14H15NS/c1-8-3-4-10-12(7-15)11-5-6-16-14(11)13(10)9(8)2/h3-6,12H,7,15H2,1-2H3. The van der Waals surface area contributed by atoms with Crippen LogP contribution in [0.5, 0.6) is 0 Å². The summed E-state index contributed by atoms with van der Waals surface area (Å²) in [5.74, 6) is 0.413. The summed E-state index contributed by atoms with van der Waals surface area (Å²) in [4.78, 5) is 1.44. The van der Waals surface area contributed by atoms with Crippen LogP contribution in [0.25, 0.3) is 10.4 Å². The van der Waals surface area contributed by atoms with Crippen molar-refractivity contribution in [3.8, 4) is 10.4 Å². The molecule has 1 aliphatic carbocycles. The Balaban J connectivity index is 2.35. The molecule has 1 aromatic carbocycles. The first kappa shape index (κ1) is 10.1. The molecule has 2 N–H and O–H groups in total. The molecule has 0 spiro atoms. The molecule has 82 valence electrons. The number of hydrogen-bond donors (Lipinski definition) is 1. The zero-order valence-corrected chi connectivity index (χ0v) is 10.4. The first-order valence-electron chi connectivity index (χ1n) is 5.62. The van der Waals surface area contributed by atoms with Crippen LogP contribution in [-0.4, -0.2) is 6.54 Å². The molecule has 16 heavy (non-hydrogen) atoms. The van der Waals surface area contributed by atoms with E-state index in [4.69, 9.17) is 5.73 Å². The van der Waals surface area contributed by atoms with Gasteiger partial charge in [0.25, 0.3) is 0 Å². The van der Waals surface area contributed by atoms with Gasteiger partial charge in [-0.1, -0.05) is 12.1 Å². The van der Waals surface area contributed by atoms with E-state index in [0.29, 0.717) is 12.5 Å². The van der Waals surface area contributed by atoms with Gasteiger partial charge < -0.3 is 5.73 Å². The molecule has 1 atom stereocenters. The van der Waals surface area contributed by atoms with Gasteiger partial charge in [-0.3, -0.25) is 0 Å². The first-order chi connectivity index (χ1) is 7.74. The fourth-order valence-electron chi connectivity index (χ4n) is 2.65. The van der Waals surface area contributed by atoms with Crippen LogP contribution in [0, 0.1) is 13.8 Å². The van der Waals surface area contributed by atoms with Crippen molar-refractivity contribution < 1.29 is 0 Å². The van der Waals surface area contributed by atoms with Crippen molar-refractivity contribution in [1.82, 2.24) is 0 Å². The van der Waals surface area contributed by atoms with Crippen LogP contribution in [0.3, 0.4) is 0 Å². The number of benzene rings is 1. The normalized spacial score (nSPS) is 17.3. The van der Waals surface area contributed by atoms with Crippen LogP contribution in [0.15, 0.2) is 23.6 Å². The highest BCUT2D eigenvalue weighted by atomic mass is 32.1. The summed E-state index contributed by atoms with van der Waals surface area (Å²) in [5, 5.41) is 2.18. The minimum Gasteiger partial charge on any atom is -0.330 e. The fraction of sp³-hybridized carbons (Fsp3) is 0.286. The molecule has 2 aromatic rings. The average molecular weight is 229 g/mol. The zero-order chi connectivity index (χ0) is 11.3. The lowest BCUT2D eigenvalue weighted by molar-refractivity contribution is 0.842. The molecule has 0 saturated carbocycles. The van der Waals surface area contributed by atoms with E-state index >= 15 is 0 Å². The second kappa shape index (κ2) is 3.44. The maximum absolute atomic E-state index is 5.92. The van der Waals surface area contributed by atoms with Crippen LogP contribution in [-0.2, 0) is 0 Å². The van der Waals surface area contributed by atoms with Crippen molar-refractivity contribution in [2.24, 2.45) is 5.73 Å². The van der Waals surface area contributed by atoms with E-state index in [2.05, 4.69) is 37.4 Å². The molecule has 2 heteroatoms. The van der Waals surface area contributed by atoms with Crippen molar-refractivity contribution in [2.45, 2.75) is 19.8 Å². The SMILES string of the molecule is Cc1ccc2c(c1C)-c1sccc1C2CN. The van der Waals surface area contributed by atoms with Gasteiger partial charge in [-0.2, -0.15) is 0 Å². The second-order valence-electron chi connectivity index (χ2n) is 4.47. The minimum absolute atomic E-state index is 0.413. The molecule has 0 radical (unpaired) electrons. The van der Waals surface area contributed by atoms with Gasteiger partial charge in [0.1, 0.15) is 0 Å². The minimum atomic E-state index is 0.413. The number of fused-ring (bicyclic) bond motifs is 3. The largest absolute Gasteiger partial charge is 0.330 e. The molecule has 0 amide bonds. The van der Waals surface area contributed by atoms with Crippen LogP contribution in [0.4, 0.5) is 0 Å². The second-order valence-corrected chi connectivity index (χ2v) is 5.38. The Labute approximate surface area is 99.9 Å². The molecule has 1 aliphatic rings. The van der Waals surface area contributed by atoms with Crippen molar-refractivity contribution in [3.63, 3.8) is 0 Å². The predicted molar refractivity (Wildman–Crippen MR) is 70.1 cm³/mol. The third-order valence-corrected chi connectivity index (χ3v) is 4.63. The summed E-state index contributed by atoms with van der Waals surface area (Å²) in [6.07, 6.45) is 0. The van der Waals surface area contributed by atoms with Crippen molar-refractivity contribution in [1.29, 1.82) is 0 Å². The molecule has 3 rings (SSSR count). The first-order valence-corrected chi connectivity index (χ1v) is 6.50. The van der Waals surface area contributed by atoms with Crippen molar-refractivity contribution >= 4 is 11.3 Å². The average Bonchev–Trinajstić information content (AvgIpc) is 2.82. The number of thiophene rings is 1. The fourth-order valence-corrected chi connectivity index (χ4v) is 3.73. The Bertz CT molecular complexity index is 554. The molecular weight excluding hydrogens is 214 g/mol. The van der Waals surface area contributed by atoms with Crippen LogP contribution in [0.1, 0.15) is 28.2 Å². The quantitative estimate of drug-likeness (QED) is 0.796. The third-order valence-electron chi connectivity index (χ3n) is 3.68. The highest BCUT2D eigenvalue weighted by Crippen LogP contribution is 2.49. The predicted octanol–water partition coefficient (Wildman–Crippen LogP) is 3.44. The topological polar surface area (TPSA) is 26.0 Å². The van der Waals surface area contributed by atoms with E-state index in [1.807, 2.05) is 11.3 Å². The molecule has 0 aliphatic heterocycles. The number of rotatable bonds is 1. The summed E-state index contributed by atoms with van der Waals surface area (Å²) in [5.41, 5.74) is 13.0. The third kappa shape index (κ3) is 1.14. The highest BCUT2D eigenvalue weighted by Gasteiger charge is 2.30. The van der Waals surface area contributed by atoms with Gasteiger partial charge in [0.2, 0.25) is 0 Å². The van der Waals surface area contributed by atoms with Crippen LogP contribution in [0.2, 0.25) is 0 Å². The van der Waals surface area contributed by atoms with E-state index in [1.54, 1.807) is 0 Å². The monoisotopic (exact) mass is 229 g/mol. The Morgan fingerprint density at radius 1 is 1.19 bits per heavy atom. The lowest BCUT2D eigenvalue weighted by Gasteiger charge is -2.12. The molecule has 1 unspecified atom stereocenters. The molecule has 1 heterocycles. The van der Waals surface area contributed by atoms with Gasteiger partial charge in [-0.25, -0.2) is 0 Å². The number of aryl methyl sites for hydroxylation is 1. The molecule has 1 aromatic heterocycles. The number of hydrogen-bond acceptors (Lipinski definition) is 2. The maximum Gasteiger partial charge on any atom is 0.0387 e. The van der Waals surface area contributed by atoms with E-state index in [-0.39, 0.29) is 0 Å². The number of nitrogens with two attached hydrogens (primary N) is 1. The molecule has 0 saturated heterocycles. The summed E-state index contributed by atoms with van der Waals surface area (Å²) in [6.45, 7) is 5.11. The van der Waals surface area contributed by atoms with E-state index in [9.17, 15) is 0 Å². The van der Waals surface area contributed by atoms with E-state index in [0.717, 1.165) is 0 Å². The Kier molecular flexibility index (Phi) is 2.16. The summed E-state index contributed by atoms with van der Waals surface area (Å²) in [7, 11) is 0. The molecule has 0 fully saturated rings. The summed E-state index contributed by atoms with van der Waals surface area (Å²) < 4.78 is 0. The summed E-state index contributed by atoms with van der Waals surface area (Å²) in [6, 6.07) is 6.70. The van der Waals surface area contributed by atoms with Crippen LogP contribution >= 0.6 is 11.3 Å². The smallest absolute Gasteiger partial charge is 0.0387 e. The lowest BCUT2D eigenvalue weighted by atomic mass is 9.94. The van der Waals surface area contributed by atoms with Gasteiger partial charge >= 0.3 is 0 Å². The lowest BCUT2D eigenvalue weighted by Crippen LogP contribution is -2.10. The zero-order valence-electron chi connectivity index (χ0n) is 9.58. The van der Waals surface area contributed by atoms with Gasteiger partial charge in [-0.05, 0) is 53.1 Å². The molecule has 0 bridgehead atoms.